The average molecular weight is 547 g/mol. The summed E-state index contributed by atoms with van der Waals surface area (Å²) in [6.45, 7) is 3.83. The van der Waals surface area contributed by atoms with Crippen LogP contribution in [0.4, 0.5) is 5.82 Å². The number of nitrogens with two attached hydrogens (primary N) is 1. The number of nitrogens with zero attached hydrogens (tertiary/aromatic N) is 2. The van der Waals surface area contributed by atoms with E-state index in [9.17, 15) is 24.4 Å². The van der Waals surface area contributed by atoms with Gasteiger partial charge in [-0.1, -0.05) is 11.6 Å². The Labute approximate surface area is 211 Å². The highest BCUT2D eigenvalue weighted by Gasteiger charge is 2.54. The van der Waals surface area contributed by atoms with Crippen LogP contribution in [-0.2, 0) is 23.4 Å². The van der Waals surface area contributed by atoms with Crippen LogP contribution in [0.25, 0.3) is 0 Å². The van der Waals surface area contributed by atoms with Gasteiger partial charge in [0, 0.05) is 11.2 Å². The number of hydrogen-bond acceptors (Lipinski definition) is 11. The Morgan fingerprint density at radius 1 is 1.39 bits per heavy atom. The minimum absolute atomic E-state index is 0.0311. The molecule has 36 heavy (non-hydrogen) atoms. The molecule has 0 radical (unpaired) electrons. The van der Waals surface area contributed by atoms with Crippen LogP contribution < -0.4 is 21.0 Å². The molecule has 1 aromatic carbocycles. The normalized spacial score (nSPS) is 26.2. The number of anilines is 1. The molecule has 6 atom stereocenters. The molecule has 1 aliphatic rings. The number of aliphatic hydroxyl groups is 2. The first-order valence-electron chi connectivity index (χ1n) is 10.9. The molecule has 1 fully saturated rings. The first kappa shape index (κ1) is 28.1. The van der Waals surface area contributed by atoms with Crippen molar-refractivity contribution in [2.75, 3.05) is 18.9 Å². The second-order valence-electron chi connectivity index (χ2n) is 8.18. The lowest BCUT2D eigenvalue weighted by atomic mass is 9.96. The summed E-state index contributed by atoms with van der Waals surface area (Å²) < 4.78 is 36.2. The van der Waals surface area contributed by atoms with Gasteiger partial charge in [-0.05, 0) is 51.1 Å². The number of nitrogens with one attached hydrogen (secondary N) is 1. The topological polar surface area (TPSA) is 184 Å². The molecule has 1 aromatic heterocycles. The van der Waals surface area contributed by atoms with E-state index < -0.39 is 56.1 Å². The second-order valence-corrected chi connectivity index (χ2v) is 10.3. The number of esters is 1. The van der Waals surface area contributed by atoms with E-state index in [1.54, 1.807) is 6.92 Å². The molecule has 3 rings (SSSR count). The lowest BCUT2D eigenvalue weighted by Crippen LogP contribution is -2.46. The molecule has 0 bridgehead atoms. The molecule has 1 saturated heterocycles. The van der Waals surface area contributed by atoms with Crippen LogP contribution in [0, 0.1) is 0 Å². The van der Waals surface area contributed by atoms with Crippen molar-refractivity contribution in [3.05, 3.63) is 52.0 Å². The zero-order valence-electron chi connectivity index (χ0n) is 19.7. The smallest absolute Gasteiger partial charge is 0.459 e. The molecule has 0 saturated carbocycles. The Kier molecular flexibility index (Phi) is 8.78. The second kappa shape index (κ2) is 11.3. The van der Waals surface area contributed by atoms with E-state index in [0.29, 0.717) is 5.02 Å². The predicted octanol–water partition coefficient (Wildman–Crippen LogP) is 1.23. The number of rotatable bonds is 10. The standard InChI is InChI=1S/C21H28ClN4O9P/c1-4-32-18(28)12(2)25-36(31,35-14-7-5-13(22)6-8-14)33-11-15-17(27)21(3,30)19(34-15)26-10-9-16(23)24-20(26)29/h5-10,12,15,17,19,27,30H,4,11H2,1-3H3,(H,25,31)(H2,23,24,29)/t12-,15+,17+,19+,21+,36?/m0/s1. The van der Waals surface area contributed by atoms with Gasteiger partial charge in [-0.3, -0.25) is 13.9 Å². The van der Waals surface area contributed by atoms with Gasteiger partial charge in [0.2, 0.25) is 0 Å². The average Bonchev–Trinajstić information content (AvgIpc) is 3.03. The third-order valence-corrected chi connectivity index (χ3v) is 7.19. The summed E-state index contributed by atoms with van der Waals surface area (Å²) in [6, 6.07) is 6.12. The quantitative estimate of drug-likeness (QED) is 0.247. The van der Waals surface area contributed by atoms with Crippen molar-refractivity contribution in [3.8, 4) is 5.75 Å². The maximum Gasteiger partial charge on any atom is 0.459 e. The SMILES string of the molecule is CCOC(=O)[C@H](C)NP(=O)(OC[C@H]1O[C@@H](n2ccc(N)nc2=O)[C@](C)(O)[C@@H]1O)Oc1ccc(Cl)cc1. The third kappa shape index (κ3) is 6.43. The number of nitrogen functional groups attached to an aromatic ring is 1. The summed E-state index contributed by atoms with van der Waals surface area (Å²) in [4.78, 5) is 27.9. The highest BCUT2D eigenvalue weighted by atomic mass is 35.5. The molecule has 5 N–H and O–H groups in total. The zero-order chi connectivity index (χ0) is 26.7. The molecule has 198 valence electrons. The fourth-order valence-electron chi connectivity index (χ4n) is 3.44. The molecule has 0 spiro atoms. The lowest BCUT2D eigenvalue weighted by Gasteiger charge is -2.27. The highest BCUT2D eigenvalue weighted by Crippen LogP contribution is 2.47. The first-order valence-corrected chi connectivity index (χ1v) is 12.8. The fraction of sp³-hybridized carbons (Fsp3) is 0.476. The van der Waals surface area contributed by atoms with Gasteiger partial charge in [0.1, 0.15) is 35.4 Å². The van der Waals surface area contributed by atoms with Gasteiger partial charge < -0.3 is 29.9 Å². The molecule has 0 amide bonds. The molecule has 1 unspecified atom stereocenters. The number of halogens is 1. The van der Waals surface area contributed by atoms with Crippen molar-refractivity contribution in [2.45, 2.75) is 50.8 Å². The van der Waals surface area contributed by atoms with Crippen molar-refractivity contribution in [2.24, 2.45) is 0 Å². The summed E-state index contributed by atoms with van der Waals surface area (Å²) in [6.07, 6.45) is -2.92. The predicted molar refractivity (Wildman–Crippen MR) is 128 cm³/mol. The number of aromatic nitrogens is 2. The van der Waals surface area contributed by atoms with Crippen molar-refractivity contribution < 1.29 is 38.1 Å². The summed E-state index contributed by atoms with van der Waals surface area (Å²) in [7, 11) is -4.28. The van der Waals surface area contributed by atoms with Gasteiger partial charge in [0.25, 0.3) is 0 Å². The minimum Gasteiger partial charge on any atom is -0.465 e. The minimum atomic E-state index is -4.28. The van der Waals surface area contributed by atoms with Gasteiger partial charge >= 0.3 is 19.4 Å². The van der Waals surface area contributed by atoms with E-state index in [1.165, 1.54) is 50.4 Å². The Hall–Kier alpha value is -2.51. The number of carbonyl (C=O) groups excluding carboxylic acids is 1. The monoisotopic (exact) mass is 546 g/mol. The van der Waals surface area contributed by atoms with E-state index in [-0.39, 0.29) is 18.2 Å². The maximum atomic E-state index is 13.6. The summed E-state index contributed by atoms with van der Waals surface area (Å²) in [5, 5.41) is 24.5. The molecule has 13 nitrogen and oxygen atoms in total. The van der Waals surface area contributed by atoms with E-state index >= 15 is 0 Å². The van der Waals surface area contributed by atoms with Crippen molar-refractivity contribution in [1.82, 2.24) is 14.6 Å². The van der Waals surface area contributed by atoms with Crippen LogP contribution in [0.1, 0.15) is 27.0 Å². The molecular formula is C21H28ClN4O9P. The third-order valence-electron chi connectivity index (χ3n) is 5.30. The number of benzene rings is 1. The van der Waals surface area contributed by atoms with E-state index in [2.05, 4.69) is 10.1 Å². The lowest BCUT2D eigenvalue weighted by molar-refractivity contribution is -0.144. The van der Waals surface area contributed by atoms with Crippen molar-refractivity contribution in [1.29, 1.82) is 0 Å². The van der Waals surface area contributed by atoms with Gasteiger partial charge in [-0.25, -0.2) is 9.36 Å². The maximum absolute atomic E-state index is 13.6. The first-order chi connectivity index (χ1) is 16.9. The Balaban J connectivity index is 1.80. The van der Waals surface area contributed by atoms with Gasteiger partial charge in [-0.15, -0.1) is 0 Å². The van der Waals surface area contributed by atoms with Gasteiger partial charge in [-0.2, -0.15) is 10.1 Å². The van der Waals surface area contributed by atoms with Crippen molar-refractivity contribution >= 4 is 31.1 Å². The molecule has 1 aliphatic heterocycles. The van der Waals surface area contributed by atoms with Gasteiger partial charge in [0.05, 0.1) is 13.2 Å². The number of carbonyl (C=O) groups is 1. The largest absolute Gasteiger partial charge is 0.465 e. The summed E-state index contributed by atoms with van der Waals surface area (Å²) >= 11 is 5.88. The van der Waals surface area contributed by atoms with Crippen LogP contribution in [0.2, 0.25) is 5.02 Å². The Bertz CT molecular complexity index is 1180. The Morgan fingerprint density at radius 3 is 2.67 bits per heavy atom. The van der Waals surface area contributed by atoms with E-state index in [1.807, 2.05) is 0 Å². The Morgan fingerprint density at radius 2 is 2.06 bits per heavy atom. The van der Waals surface area contributed by atoms with Gasteiger partial charge in [0.15, 0.2) is 6.23 Å². The number of hydrogen-bond donors (Lipinski definition) is 4. The molecular weight excluding hydrogens is 519 g/mol. The summed E-state index contributed by atoms with van der Waals surface area (Å²) in [5.41, 5.74) is 2.74. The number of ether oxygens (including phenoxy) is 2. The number of aliphatic hydroxyl groups excluding tert-OH is 1. The van der Waals surface area contributed by atoms with Crippen LogP contribution in [0.15, 0.2) is 41.3 Å². The molecule has 15 heteroatoms. The summed E-state index contributed by atoms with van der Waals surface area (Å²) in [5.74, 6) is -0.614. The zero-order valence-corrected chi connectivity index (χ0v) is 21.4. The fourth-order valence-corrected chi connectivity index (χ4v) is 5.06. The molecule has 0 aliphatic carbocycles. The van der Waals surface area contributed by atoms with Crippen LogP contribution in [0.3, 0.4) is 0 Å². The van der Waals surface area contributed by atoms with E-state index in [0.717, 1.165) is 4.57 Å². The van der Waals surface area contributed by atoms with Crippen LogP contribution >= 0.6 is 19.3 Å². The van der Waals surface area contributed by atoms with Crippen LogP contribution in [-0.4, -0.2) is 62.8 Å². The van der Waals surface area contributed by atoms with Crippen LogP contribution in [0.5, 0.6) is 5.75 Å². The highest BCUT2D eigenvalue weighted by molar-refractivity contribution is 7.52. The molecule has 2 aromatic rings. The van der Waals surface area contributed by atoms with Crippen molar-refractivity contribution in [3.63, 3.8) is 0 Å². The molecule has 2 heterocycles. The van der Waals surface area contributed by atoms with E-state index in [4.69, 9.17) is 35.9 Å².